The summed E-state index contributed by atoms with van der Waals surface area (Å²) in [5, 5.41) is 0. The van der Waals surface area contributed by atoms with Gasteiger partial charge in [0.2, 0.25) is 0 Å². The fraction of sp³-hybridized carbons (Fsp3) is 0.353. The lowest BCUT2D eigenvalue weighted by Crippen LogP contribution is -2.41. The van der Waals surface area contributed by atoms with E-state index in [1.807, 2.05) is 0 Å². The van der Waals surface area contributed by atoms with Gasteiger partial charge in [0.1, 0.15) is 11.6 Å². The fourth-order valence-electron chi connectivity index (χ4n) is 6.59. The van der Waals surface area contributed by atoms with Gasteiger partial charge in [0, 0.05) is 6.42 Å². The molecular weight excluding hydrogens is 574 g/mol. The van der Waals surface area contributed by atoms with Crippen LogP contribution in [0, 0.1) is 28.4 Å². The summed E-state index contributed by atoms with van der Waals surface area (Å²) in [4.78, 5) is 53.3. The molecule has 232 valence electrons. The van der Waals surface area contributed by atoms with E-state index in [9.17, 15) is 28.0 Å². The van der Waals surface area contributed by atoms with Crippen molar-refractivity contribution in [1.82, 2.24) is 0 Å². The number of halogens is 2. The molecule has 0 amide bonds. The normalized spacial score (nSPS) is 17.5. The molecule has 2 aromatic carbocycles. The monoisotopic (exact) mass is 608 g/mol. The van der Waals surface area contributed by atoms with E-state index >= 15 is 0 Å². The number of hydrogen-bond acceptors (Lipinski definition) is 8. The molecule has 1 saturated carbocycles. The van der Waals surface area contributed by atoms with Crippen molar-refractivity contribution in [3.8, 4) is 0 Å². The van der Waals surface area contributed by atoms with Crippen molar-refractivity contribution in [2.45, 2.75) is 32.1 Å². The number of carbonyl (C=O) groups excluding carboxylic acids is 4. The Morgan fingerprint density at radius 1 is 0.841 bits per heavy atom. The minimum atomic E-state index is -1.87. The first-order chi connectivity index (χ1) is 21.0. The summed E-state index contributed by atoms with van der Waals surface area (Å²) in [6, 6.07) is 11.4. The van der Waals surface area contributed by atoms with Crippen molar-refractivity contribution in [1.29, 1.82) is 0 Å². The van der Waals surface area contributed by atoms with Gasteiger partial charge in [0.15, 0.2) is 10.8 Å². The quantitative estimate of drug-likeness (QED) is 0.148. The average Bonchev–Trinajstić information content (AvgIpc) is 3.43. The molecule has 0 saturated heterocycles. The molecule has 44 heavy (non-hydrogen) atoms. The van der Waals surface area contributed by atoms with Gasteiger partial charge in [-0.3, -0.25) is 19.2 Å². The Morgan fingerprint density at radius 3 is 1.80 bits per heavy atom. The molecular formula is C34H34F2O8. The maximum absolute atomic E-state index is 14.2. The van der Waals surface area contributed by atoms with Crippen LogP contribution in [0.25, 0.3) is 11.1 Å². The lowest BCUT2D eigenvalue weighted by Gasteiger charge is -2.35. The molecule has 8 nitrogen and oxygen atoms in total. The van der Waals surface area contributed by atoms with Crippen LogP contribution in [-0.2, 0) is 38.1 Å². The van der Waals surface area contributed by atoms with Crippen LogP contribution < -0.4 is 0 Å². The summed E-state index contributed by atoms with van der Waals surface area (Å²) >= 11 is 0. The molecule has 2 aliphatic rings. The summed E-state index contributed by atoms with van der Waals surface area (Å²) < 4.78 is 48.6. The number of hydrogen-bond donors (Lipinski definition) is 0. The zero-order valence-electron chi connectivity index (χ0n) is 25.0. The Balaban J connectivity index is 2.10. The molecule has 1 atom stereocenters. The van der Waals surface area contributed by atoms with Gasteiger partial charge < -0.3 is 18.9 Å². The first kappa shape index (κ1) is 32.3. The second kappa shape index (κ2) is 13.0. The number of esters is 4. The molecule has 2 aromatic rings. The second-order valence-corrected chi connectivity index (χ2v) is 11.0. The highest BCUT2D eigenvalue weighted by Gasteiger charge is 2.58. The van der Waals surface area contributed by atoms with Gasteiger partial charge in [-0.05, 0) is 83.7 Å². The fourth-order valence-corrected chi connectivity index (χ4v) is 6.59. The molecule has 1 unspecified atom stereocenters. The molecule has 0 N–H and O–H groups in total. The third-order valence-electron chi connectivity index (χ3n) is 8.62. The highest BCUT2D eigenvalue weighted by Crippen LogP contribution is 2.58. The molecule has 0 aliphatic heterocycles. The van der Waals surface area contributed by atoms with Crippen LogP contribution in [0.5, 0.6) is 0 Å². The van der Waals surface area contributed by atoms with Gasteiger partial charge >= 0.3 is 23.9 Å². The van der Waals surface area contributed by atoms with E-state index in [2.05, 4.69) is 6.58 Å². The Bertz CT molecular complexity index is 1500. The Labute approximate surface area is 254 Å². The zero-order chi connectivity index (χ0) is 32.2. The topological polar surface area (TPSA) is 105 Å². The summed E-state index contributed by atoms with van der Waals surface area (Å²) in [6.07, 6.45) is 1.28. The number of ether oxygens (including phenoxy) is 4. The SMILES string of the molecule is C=CCC(CC1=C(c2ccc(F)cc2)CC2CC(C(=O)OC)(C(=O)OC)CC2=C1c1ccc(F)cc1)(C(=O)OC)C(=O)OC. The van der Waals surface area contributed by atoms with E-state index in [0.717, 1.165) is 14.2 Å². The van der Waals surface area contributed by atoms with Gasteiger partial charge in [0.05, 0.1) is 28.4 Å². The van der Waals surface area contributed by atoms with E-state index in [0.29, 0.717) is 33.4 Å². The molecule has 4 rings (SSSR count). The van der Waals surface area contributed by atoms with Crippen molar-refractivity contribution in [3.63, 3.8) is 0 Å². The van der Waals surface area contributed by atoms with Gasteiger partial charge in [-0.15, -0.1) is 6.58 Å². The summed E-state index contributed by atoms with van der Waals surface area (Å²) in [5.41, 5.74) is -0.0784. The van der Waals surface area contributed by atoms with E-state index in [1.54, 1.807) is 24.3 Å². The van der Waals surface area contributed by atoms with Crippen molar-refractivity contribution in [2.75, 3.05) is 28.4 Å². The molecule has 0 radical (unpaired) electrons. The van der Waals surface area contributed by atoms with Crippen molar-refractivity contribution < 1.29 is 46.9 Å². The number of benzene rings is 2. The highest BCUT2D eigenvalue weighted by atomic mass is 19.1. The highest BCUT2D eigenvalue weighted by molar-refractivity contribution is 6.05. The zero-order valence-corrected chi connectivity index (χ0v) is 25.0. The number of rotatable bonds is 10. The molecule has 1 fully saturated rings. The Kier molecular flexibility index (Phi) is 9.51. The maximum atomic E-state index is 14.2. The molecule has 0 heterocycles. The molecule has 0 aromatic heterocycles. The van der Waals surface area contributed by atoms with Gasteiger partial charge in [0.25, 0.3) is 0 Å². The van der Waals surface area contributed by atoms with Gasteiger partial charge in [-0.1, -0.05) is 35.9 Å². The minimum absolute atomic E-state index is 0.0517. The first-order valence-electron chi connectivity index (χ1n) is 13.9. The van der Waals surface area contributed by atoms with Crippen LogP contribution >= 0.6 is 0 Å². The number of carbonyl (C=O) groups is 4. The maximum Gasteiger partial charge on any atom is 0.323 e. The lowest BCUT2D eigenvalue weighted by atomic mass is 9.69. The Morgan fingerprint density at radius 2 is 1.34 bits per heavy atom. The van der Waals surface area contributed by atoms with E-state index in [1.165, 1.54) is 44.6 Å². The summed E-state index contributed by atoms with van der Waals surface area (Å²) in [6.45, 7) is 3.75. The minimum Gasteiger partial charge on any atom is -0.468 e. The predicted molar refractivity (Wildman–Crippen MR) is 156 cm³/mol. The van der Waals surface area contributed by atoms with Crippen LogP contribution in [0.15, 0.2) is 72.3 Å². The lowest BCUT2D eigenvalue weighted by molar-refractivity contribution is -0.170. The first-order valence-corrected chi connectivity index (χ1v) is 13.9. The molecule has 2 aliphatic carbocycles. The average molecular weight is 609 g/mol. The summed E-state index contributed by atoms with van der Waals surface area (Å²) in [5.74, 6) is -4.60. The largest absolute Gasteiger partial charge is 0.468 e. The van der Waals surface area contributed by atoms with Crippen LogP contribution in [0.2, 0.25) is 0 Å². The third-order valence-corrected chi connectivity index (χ3v) is 8.62. The molecule has 0 spiro atoms. The number of allylic oxidation sites excluding steroid dienone is 5. The van der Waals surface area contributed by atoms with Gasteiger partial charge in [-0.25, -0.2) is 8.78 Å². The molecule has 0 bridgehead atoms. The van der Waals surface area contributed by atoms with E-state index in [-0.39, 0.29) is 32.1 Å². The molecule has 10 heteroatoms. The van der Waals surface area contributed by atoms with Crippen molar-refractivity contribution >= 4 is 35.0 Å². The van der Waals surface area contributed by atoms with Crippen LogP contribution in [-0.4, -0.2) is 52.3 Å². The smallest absolute Gasteiger partial charge is 0.323 e. The third kappa shape index (κ3) is 5.56. The summed E-state index contributed by atoms with van der Waals surface area (Å²) in [7, 11) is 4.70. The van der Waals surface area contributed by atoms with E-state index < -0.39 is 52.3 Å². The van der Waals surface area contributed by atoms with Gasteiger partial charge in [-0.2, -0.15) is 0 Å². The standard InChI is InChI=1S/C34H34F2O8/c1-6-15-33(29(37)41-2,30(38)42-3)19-27-25(20-7-11-23(35)12-8-20)16-22-17-34(31(39)43-4,32(40)44-5)18-26(22)28(27)21-9-13-24(36)14-10-21/h6-14,22H,1,15-19H2,2-5H3. The second-order valence-electron chi connectivity index (χ2n) is 11.0. The van der Waals surface area contributed by atoms with Crippen molar-refractivity contribution in [2.24, 2.45) is 16.7 Å². The van der Waals surface area contributed by atoms with Crippen molar-refractivity contribution in [3.05, 3.63) is 95.1 Å². The predicted octanol–water partition coefficient (Wildman–Crippen LogP) is 5.62. The van der Waals surface area contributed by atoms with E-state index in [4.69, 9.17) is 18.9 Å². The van der Waals surface area contributed by atoms with Crippen LogP contribution in [0.1, 0.15) is 43.2 Å². The number of methoxy groups -OCH3 is 4. The van der Waals surface area contributed by atoms with Crippen LogP contribution in [0.3, 0.4) is 0 Å². The Hall–Kier alpha value is -4.60. The van der Waals surface area contributed by atoms with Crippen LogP contribution in [0.4, 0.5) is 8.78 Å². The number of fused-ring (bicyclic) bond motifs is 1.